The minimum absolute atomic E-state index is 0.0222. The van der Waals surface area contributed by atoms with Gasteiger partial charge in [-0.3, -0.25) is 0 Å². The number of pyridine rings is 1. The van der Waals surface area contributed by atoms with E-state index in [-0.39, 0.29) is 21.6 Å². The van der Waals surface area contributed by atoms with Crippen LogP contribution in [-0.2, 0) is 15.7 Å². The predicted molar refractivity (Wildman–Crippen MR) is 102 cm³/mol. The number of rotatable bonds is 7. The van der Waals surface area contributed by atoms with Crippen molar-refractivity contribution in [2.75, 3.05) is 11.9 Å². The molecule has 0 spiro atoms. The Labute approximate surface area is 181 Å². The zero-order chi connectivity index (χ0) is 23.2. The van der Waals surface area contributed by atoms with Gasteiger partial charge in [0.05, 0.1) is 17.2 Å². The molecule has 31 heavy (non-hydrogen) atoms. The number of aromatic nitrogens is 1. The van der Waals surface area contributed by atoms with Crippen molar-refractivity contribution in [1.29, 1.82) is 0 Å². The molecule has 0 unspecified atom stereocenters. The normalized spacial score (nSPS) is 12.5. The minimum atomic E-state index is -4.84. The topological polar surface area (TPSA) is 60.5 Å². The second-order valence-electron chi connectivity index (χ2n) is 5.56. The fraction of sp³-hybridized carbons (Fsp3) is 0.222. The Morgan fingerprint density at radius 3 is 2.35 bits per heavy atom. The number of esters is 1. The quantitative estimate of drug-likeness (QED) is 0.216. The zero-order valence-electron chi connectivity index (χ0n) is 15.5. The van der Waals surface area contributed by atoms with Gasteiger partial charge in [-0.25, -0.2) is 9.78 Å². The van der Waals surface area contributed by atoms with Crippen LogP contribution < -0.4 is 10.1 Å². The fourth-order valence-corrected chi connectivity index (χ4v) is 3.01. The van der Waals surface area contributed by atoms with Crippen LogP contribution in [0.15, 0.2) is 52.7 Å². The molecule has 0 saturated carbocycles. The summed E-state index contributed by atoms with van der Waals surface area (Å²) in [6.07, 6.45) is -7.73. The largest absolute Gasteiger partial charge is 0.573 e. The molecule has 2 aromatic rings. The maximum absolute atomic E-state index is 12.7. The number of thioether (sulfide) groups is 1. The molecule has 0 fully saturated rings. The van der Waals surface area contributed by atoms with Crippen LogP contribution in [0.5, 0.6) is 5.75 Å². The number of alkyl halides is 6. The van der Waals surface area contributed by atoms with E-state index in [0.717, 1.165) is 18.3 Å². The summed E-state index contributed by atoms with van der Waals surface area (Å²) in [6, 6.07) is 5.29. The molecule has 0 aliphatic carbocycles. The van der Waals surface area contributed by atoms with E-state index in [1.54, 1.807) is 6.92 Å². The molecule has 0 atom stereocenters. The fourth-order valence-electron chi connectivity index (χ4n) is 1.99. The highest BCUT2D eigenvalue weighted by molar-refractivity contribution is 8.04. The van der Waals surface area contributed by atoms with Gasteiger partial charge in [-0.2, -0.15) is 13.2 Å². The Morgan fingerprint density at radius 2 is 1.84 bits per heavy atom. The first kappa shape index (κ1) is 24.7. The Balaban J connectivity index is 2.21. The van der Waals surface area contributed by atoms with Crippen LogP contribution in [0.25, 0.3) is 0 Å². The predicted octanol–water partition coefficient (Wildman–Crippen LogP) is 6.26. The Morgan fingerprint density at radius 1 is 1.19 bits per heavy atom. The van der Waals surface area contributed by atoms with Gasteiger partial charge < -0.3 is 14.8 Å². The first-order valence-electron chi connectivity index (χ1n) is 8.29. The van der Waals surface area contributed by atoms with E-state index in [1.165, 1.54) is 12.1 Å². The van der Waals surface area contributed by atoms with Crippen molar-refractivity contribution >= 4 is 35.0 Å². The van der Waals surface area contributed by atoms with E-state index in [9.17, 15) is 31.1 Å². The lowest BCUT2D eigenvalue weighted by molar-refractivity contribution is -0.274. The van der Waals surface area contributed by atoms with Gasteiger partial charge in [0.1, 0.15) is 15.7 Å². The van der Waals surface area contributed by atoms with Crippen molar-refractivity contribution in [3.05, 3.63) is 58.2 Å². The molecule has 168 valence electrons. The van der Waals surface area contributed by atoms with Crippen LogP contribution in [0.3, 0.4) is 0 Å². The first-order valence-corrected chi connectivity index (χ1v) is 9.48. The summed E-state index contributed by atoms with van der Waals surface area (Å²) in [7, 11) is 0. The molecule has 2 rings (SSSR count). The number of hydrogen-bond acceptors (Lipinski definition) is 6. The summed E-state index contributed by atoms with van der Waals surface area (Å²) >= 11 is 6.51. The first-order chi connectivity index (χ1) is 14.4. The maximum atomic E-state index is 12.7. The van der Waals surface area contributed by atoms with Crippen LogP contribution >= 0.6 is 23.4 Å². The van der Waals surface area contributed by atoms with Crippen molar-refractivity contribution in [2.45, 2.75) is 24.5 Å². The monoisotopic (exact) mass is 486 g/mol. The van der Waals surface area contributed by atoms with Crippen LogP contribution in [0.4, 0.5) is 32.0 Å². The molecular weight excluding hydrogens is 474 g/mol. The van der Waals surface area contributed by atoms with Crippen LogP contribution in [-0.4, -0.2) is 23.9 Å². The molecule has 5 nitrogen and oxygen atoms in total. The van der Waals surface area contributed by atoms with Gasteiger partial charge in [-0.1, -0.05) is 23.4 Å². The Hall–Kier alpha value is -2.60. The number of halogens is 7. The second kappa shape index (κ2) is 10.1. The minimum Gasteiger partial charge on any atom is -0.462 e. The van der Waals surface area contributed by atoms with Gasteiger partial charge in [0, 0.05) is 18.1 Å². The van der Waals surface area contributed by atoms with E-state index in [4.69, 9.17) is 16.3 Å². The third kappa shape index (κ3) is 7.87. The number of hydrogen-bond donors (Lipinski definition) is 1. The summed E-state index contributed by atoms with van der Waals surface area (Å²) in [5.74, 6) is -1.25. The molecule has 1 aromatic heterocycles. The highest BCUT2D eigenvalue weighted by Crippen LogP contribution is 2.36. The highest BCUT2D eigenvalue weighted by Gasteiger charge is 2.32. The average Bonchev–Trinajstić information content (AvgIpc) is 2.65. The van der Waals surface area contributed by atoms with Crippen molar-refractivity contribution in [3.63, 3.8) is 0 Å². The van der Waals surface area contributed by atoms with Gasteiger partial charge in [0.15, 0.2) is 0 Å². The molecule has 0 bridgehead atoms. The van der Waals surface area contributed by atoms with E-state index in [1.807, 2.05) is 0 Å². The molecule has 0 radical (unpaired) electrons. The number of anilines is 1. The van der Waals surface area contributed by atoms with Crippen LogP contribution in [0.2, 0.25) is 5.02 Å². The Bertz CT molecular complexity index is 949. The number of carbonyl (C=O) groups excluding carboxylic acids is 1. The number of nitrogens with one attached hydrogen (secondary N) is 1. The number of benzene rings is 1. The van der Waals surface area contributed by atoms with E-state index < -0.39 is 29.8 Å². The van der Waals surface area contributed by atoms with Crippen molar-refractivity contribution in [3.8, 4) is 5.75 Å². The van der Waals surface area contributed by atoms with Gasteiger partial charge in [0.2, 0.25) is 0 Å². The SMILES string of the molecule is CCOC(=O)/C(=C/Nc1ccc(OC(F)(F)F)cc1)Sc1ncc(C(F)(F)F)cc1Cl. The lowest BCUT2D eigenvalue weighted by Gasteiger charge is -2.11. The average molecular weight is 487 g/mol. The van der Waals surface area contributed by atoms with Gasteiger partial charge in [-0.05, 0) is 37.3 Å². The third-order valence-corrected chi connectivity index (χ3v) is 4.70. The van der Waals surface area contributed by atoms with Crippen LogP contribution in [0.1, 0.15) is 12.5 Å². The lowest BCUT2D eigenvalue weighted by Crippen LogP contribution is -2.16. The van der Waals surface area contributed by atoms with Gasteiger partial charge in [0.25, 0.3) is 0 Å². The lowest BCUT2D eigenvalue weighted by atomic mass is 10.3. The summed E-state index contributed by atoms with van der Waals surface area (Å²) in [5, 5.41) is 2.27. The van der Waals surface area contributed by atoms with E-state index >= 15 is 0 Å². The number of nitrogens with zero attached hydrogens (tertiary/aromatic N) is 1. The summed E-state index contributed by atoms with van der Waals surface area (Å²) in [6.45, 7) is 1.57. The summed E-state index contributed by atoms with van der Waals surface area (Å²) < 4.78 is 83.5. The summed E-state index contributed by atoms with van der Waals surface area (Å²) in [5.41, 5.74) is -0.758. The molecular formula is C18H13ClF6N2O3S. The molecule has 13 heteroatoms. The molecule has 0 aliphatic heterocycles. The van der Waals surface area contributed by atoms with Gasteiger partial charge in [-0.15, -0.1) is 13.2 Å². The second-order valence-corrected chi connectivity index (χ2v) is 6.99. The number of carbonyl (C=O) groups is 1. The van der Waals surface area contributed by atoms with Crippen molar-refractivity contribution in [2.24, 2.45) is 0 Å². The molecule has 1 heterocycles. The van der Waals surface area contributed by atoms with Crippen molar-refractivity contribution < 1.29 is 40.6 Å². The van der Waals surface area contributed by atoms with Gasteiger partial charge >= 0.3 is 18.5 Å². The smallest absolute Gasteiger partial charge is 0.462 e. The zero-order valence-corrected chi connectivity index (χ0v) is 17.0. The molecule has 0 aliphatic rings. The van der Waals surface area contributed by atoms with E-state index in [0.29, 0.717) is 29.7 Å². The summed E-state index contributed by atoms with van der Waals surface area (Å²) in [4.78, 5) is 15.7. The number of ether oxygens (including phenoxy) is 2. The molecule has 1 N–H and O–H groups in total. The maximum Gasteiger partial charge on any atom is 0.573 e. The van der Waals surface area contributed by atoms with E-state index in [2.05, 4.69) is 15.0 Å². The highest BCUT2D eigenvalue weighted by atomic mass is 35.5. The standard InChI is InChI=1S/C18H13ClF6N2O3S/c1-2-29-16(28)14(31-15-13(19)7-10(8-27-15)17(20,21)22)9-26-11-3-5-12(6-4-11)30-18(23,24)25/h3-9,26H,2H2,1H3/b14-9-. The van der Waals surface area contributed by atoms with Crippen LogP contribution in [0, 0.1) is 0 Å². The molecule has 0 saturated heterocycles. The third-order valence-electron chi connectivity index (χ3n) is 3.28. The molecule has 1 aromatic carbocycles. The Kier molecular flexibility index (Phi) is 8.07. The molecule has 0 amide bonds. The van der Waals surface area contributed by atoms with Crippen molar-refractivity contribution in [1.82, 2.24) is 4.98 Å².